The molecule has 1 atom stereocenters. The van der Waals surface area contributed by atoms with Gasteiger partial charge in [0.2, 0.25) is 5.95 Å². The van der Waals surface area contributed by atoms with Gasteiger partial charge in [-0.1, -0.05) is 17.8 Å². The van der Waals surface area contributed by atoms with Gasteiger partial charge in [0, 0.05) is 23.7 Å². The number of rotatable bonds is 2. The van der Waals surface area contributed by atoms with Gasteiger partial charge in [-0.2, -0.15) is 4.39 Å². The van der Waals surface area contributed by atoms with Crippen LogP contribution in [-0.2, 0) is 5.54 Å². The van der Waals surface area contributed by atoms with E-state index in [2.05, 4.69) is 15.0 Å². The number of aromatic nitrogens is 2. The summed E-state index contributed by atoms with van der Waals surface area (Å²) < 4.78 is 27.9. The molecule has 0 radical (unpaired) electrons. The predicted octanol–water partition coefficient (Wildman–Crippen LogP) is 3.09. The first-order chi connectivity index (χ1) is 10.5. The number of hydrogen-bond acceptors (Lipinski definition) is 5. The molecule has 1 aliphatic rings. The third-order valence-corrected chi connectivity index (χ3v) is 4.49. The Bertz CT molecular complexity index is 750. The molecule has 0 saturated heterocycles. The largest absolute Gasteiger partial charge is 0.379 e. The van der Waals surface area contributed by atoms with Gasteiger partial charge in [-0.15, -0.1) is 0 Å². The van der Waals surface area contributed by atoms with E-state index in [1.54, 1.807) is 12.1 Å². The van der Waals surface area contributed by atoms with Crippen LogP contribution >= 0.6 is 11.8 Å². The Balaban J connectivity index is 2.12. The van der Waals surface area contributed by atoms with Crippen molar-refractivity contribution in [3.05, 3.63) is 47.9 Å². The van der Waals surface area contributed by atoms with Crippen LogP contribution in [0.4, 0.5) is 8.78 Å². The highest BCUT2D eigenvalue weighted by Crippen LogP contribution is 2.37. The van der Waals surface area contributed by atoms with Gasteiger partial charge in [0.25, 0.3) is 0 Å². The molecular formula is C15H14F2N4S. The van der Waals surface area contributed by atoms with E-state index in [0.29, 0.717) is 5.17 Å². The van der Waals surface area contributed by atoms with Gasteiger partial charge in [0.1, 0.15) is 11.5 Å². The lowest BCUT2D eigenvalue weighted by atomic mass is 9.88. The number of amidine groups is 1. The second-order valence-electron chi connectivity index (χ2n) is 5.21. The summed E-state index contributed by atoms with van der Waals surface area (Å²) in [5.41, 5.74) is 6.01. The fourth-order valence-corrected chi connectivity index (χ4v) is 3.41. The van der Waals surface area contributed by atoms with Crippen molar-refractivity contribution in [2.45, 2.75) is 18.9 Å². The van der Waals surface area contributed by atoms with E-state index in [1.165, 1.54) is 30.2 Å². The molecule has 7 heteroatoms. The van der Waals surface area contributed by atoms with Crippen LogP contribution in [-0.4, -0.2) is 20.9 Å². The number of aliphatic imine (C=N–C) groups is 1. The van der Waals surface area contributed by atoms with Crippen molar-refractivity contribution in [1.82, 2.24) is 9.97 Å². The highest BCUT2D eigenvalue weighted by molar-refractivity contribution is 8.13. The zero-order valence-corrected chi connectivity index (χ0v) is 12.7. The average molecular weight is 320 g/mol. The number of nitrogens with two attached hydrogens (primary N) is 1. The van der Waals surface area contributed by atoms with Crippen LogP contribution in [0.1, 0.15) is 18.9 Å². The van der Waals surface area contributed by atoms with Crippen molar-refractivity contribution in [2.24, 2.45) is 10.7 Å². The maximum absolute atomic E-state index is 14.1. The number of thioether (sulfide) groups is 1. The van der Waals surface area contributed by atoms with Crippen molar-refractivity contribution in [3.8, 4) is 11.3 Å². The Morgan fingerprint density at radius 1 is 1.23 bits per heavy atom. The molecule has 2 N–H and O–H groups in total. The summed E-state index contributed by atoms with van der Waals surface area (Å²) in [7, 11) is 0. The van der Waals surface area contributed by atoms with Crippen LogP contribution < -0.4 is 5.73 Å². The Morgan fingerprint density at radius 3 is 2.73 bits per heavy atom. The molecule has 1 aliphatic heterocycles. The van der Waals surface area contributed by atoms with Gasteiger partial charge >= 0.3 is 0 Å². The molecule has 4 nitrogen and oxygen atoms in total. The maximum atomic E-state index is 14.1. The van der Waals surface area contributed by atoms with E-state index in [1.807, 2.05) is 6.92 Å². The van der Waals surface area contributed by atoms with E-state index in [4.69, 9.17) is 5.73 Å². The first-order valence-electron chi connectivity index (χ1n) is 6.75. The average Bonchev–Trinajstić information content (AvgIpc) is 2.48. The lowest BCUT2D eigenvalue weighted by Crippen LogP contribution is -2.28. The number of halogens is 2. The van der Waals surface area contributed by atoms with Gasteiger partial charge in [0.05, 0.1) is 5.54 Å². The summed E-state index contributed by atoms with van der Waals surface area (Å²) in [5, 5.41) is 0.505. The second kappa shape index (κ2) is 5.64. The van der Waals surface area contributed by atoms with Crippen LogP contribution in [0.15, 0.2) is 35.6 Å². The molecule has 3 rings (SSSR count). The first-order valence-corrected chi connectivity index (χ1v) is 7.73. The molecule has 2 heterocycles. The normalized spacial score (nSPS) is 21.5. The molecule has 0 aliphatic carbocycles. The van der Waals surface area contributed by atoms with Crippen LogP contribution in [0, 0.1) is 11.8 Å². The standard InChI is InChI=1S/C15H14F2N4S/c1-15(4-7-22-14(18)21-15)9-2-3-11(16)10(8-9)12-13(17)20-6-5-19-12/h2-3,5-6,8H,4,7H2,1H3,(H2,18,21)/t15-/m0/s1. The Morgan fingerprint density at radius 2 is 2.00 bits per heavy atom. The van der Waals surface area contributed by atoms with Gasteiger partial charge in [-0.25, -0.2) is 14.4 Å². The summed E-state index contributed by atoms with van der Waals surface area (Å²) in [6.07, 6.45) is 3.33. The van der Waals surface area contributed by atoms with E-state index in [9.17, 15) is 8.78 Å². The molecule has 1 aromatic carbocycles. The van der Waals surface area contributed by atoms with Crippen LogP contribution in [0.3, 0.4) is 0 Å². The minimum absolute atomic E-state index is 0.0799. The molecule has 0 bridgehead atoms. The number of benzene rings is 1. The lowest BCUT2D eigenvalue weighted by molar-refractivity contribution is 0.480. The fraction of sp³-hybridized carbons (Fsp3) is 0.267. The van der Waals surface area contributed by atoms with Gasteiger partial charge in [-0.3, -0.25) is 4.99 Å². The van der Waals surface area contributed by atoms with E-state index in [-0.39, 0.29) is 11.3 Å². The minimum Gasteiger partial charge on any atom is -0.379 e. The second-order valence-corrected chi connectivity index (χ2v) is 6.33. The third kappa shape index (κ3) is 2.68. The number of nitrogens with zero attached hydrogens (tertiary/aromatic N) is 3. The van der Waals surface area contributed by atoms with Crippen molar-refractivity contribution < 1.29 is 8.78 Å². The van der Waals surface area contributed by atoms with Crippen molar-refractivity contribution in [1.29, 1.82) is 0 Å². The van der Waals surface area contributed by atoms with Gasteiger partial charge in [-0.05, 0) is 31.0 Å². The van der Waals surface area contributed by atoms with Crippen molar-refractivity contribution in [2.75, 3.05) is 5.75 Å². The molecule has 0 saturated carbocycles. The van der Waals surface area contributed by atoms with Gasteiger partial charge < -0.3 is 5.73 Å². The summed E-state index contributed by atoms with van der Waals surface area (Å²) in [4.78, 5) is 11.9. The molecule has 114 valence electrons. The third-order valence-electron chi connectivity index (χ3n) is 3.69. The van der Waals surface area contributed by atoms with E-state index < -0.39 is 17.3 Å². The molecule has 0 amide bonds. The Hall–Kier alpha value is -2.02. The zero-order valence-electron chi connectivity index (χ0n) is 11.9. The Kier molecular flexibility index (Phi) is 3.82. The lowest BCUT2D eigenvalue weighted by Gasteiger charge is -2.30. The molecular weight excluding hydrogens is 306 g/mol. The zero-order chi connectivity index (χ0) is 15.7. The topological polar surface area (TPSA) is 64.2 Å². The predicted molar refractivity (Wildman–Crippen MR) is 83.4 cm³/mol. The number of hydrogen-bond donors (Lipinski definition) is 1. The fourth-order valence-electron chi connectivity index (χ4n) is 2.44. The molecule has 22 heavy (non-hydrogen) atoms. The minimum atomic E-state index is -0.800. The van der Waals surface area contributed by atoms with Crippen molar-refractivity contribution in [3.63, 3.8) is 0 Å². The summed E-state index contributed by atoms with van der Waals surface area (Å²) in [6, 6.07) is 4.53. The van der Waals surface area contributed by atoms with E-state index in [0.717, 1.165) is 17.7 Å². The van der Waals surface area contributed by atoms with Gasteiger partial charge in [0.15, 0.2) is 5.17 Å². The molecule has 2 aromatic rings. The maximum Gasteiger partial charge on any atom is 0.239 e. The molecule has 0 fully saturated rings. The highest BCUT2D eigenvalue weighted by Gasteiger charge is 2.30. The smallest absolute Gasteiger partial charge is 0.239 e. The quantitative estimate of drug-likeness (QED) is 0.923. The molecule has 0 unspecified atom stereocenters. The first kappa shape index (κ1) is 14.9. The molecule has 0 spiro atoms. The summed E-state index contributed by atoms with van der Waals surface area (Å²) in [5.74, 6) is -0.516. The van der Waals surface area contributed by atoms with Crippen molar-refractivity contribution >= 4 is 16.9 Å². The van der Waals surface area contributed by atoms with Crippen LogP contribution in [0.5, 0.6) is 0 Å². The van der Waals surface area contributed by atoms with Crippen LogP contribution in [0.2, 0.25) is 0 Å². The summed E-state index contributed by atoms with van der Waals surface area (Å²) in [6.45, 7) is 1.93. The highest BCUT2D eigenvalue weighted by atomic mass is 32.2. The Labute approximate surface area is 130 Å². The summed E-state index contributed by atoms with van der Waals surface area (Å²) >= 11 is 1.49. The van der Waals surface area contributed by atoms with E-state index >= 15 is 0 Å². The molecule has 1 aromatic heterocycles. The monoisotopic (exact) mass is 320 g/mol. The SMILES string of the molecule is C[C@@]1(c2ccc(F)c(-c3nccnc3F)c2)CCSC(N)=N1. The van der Waals surface area contributed by atoms with Crippen LogP contribution in [0.25, 0.3) is 11.3 Å².